The fourth-order valence-electron chi connectivity index (χ4n) is 2.42. The molecule has 0 fully saturated rings. The quantitative estimate of drug-likeness (QED) is 0.775. The van der Waals surface area contributed by atoms with Crippen molar-refractivity contribution in [2.24, 2.45) is 0 Å². The number of hydrogen-bond acceptors (Lipinski definition) is 1. The maximum atomic E-state index is 5.91. The average molecular weight is 288 g/mol. The molecular formula is C18H22ClN. The van der Waals surface area contributed by atoms with Crippen molar-refractivity contribution in [3.63, 3.8) is 0 Å². The summed E-state index contributed by atoms with van der Waals surface area (Å²) in [4.78, 5) is 2.35. The molecule has 0 saturated heterocycles. The van der Waals surface area contributed by atoms with Gasteiger partial charge in [-0.1, -0.05) is 47.5 Å². The molecule has 0 saturated carbocycles. The molecule has 2 rings (SSSR count). The van der Waals surface area contributed by atoms with Gasteiger partial charge in [-0.3, -0.25) is 0 Å². The molecule has 0 bridgehead atoms. The molecule has 0 spiro atoms. The maximum Gasteiger partial charge on any atom is 0.0406 e. The number of nitrogens with zero attached hydrogens (tertiary/aromatic N) is 1. The fourth-order valence-corrected chi connectivity index (χ4v) is 2.54. The molecular weight excluding hydrogens is 266 g/mol. The van der Waals surface area contributed by atoms with Crippen LogP contribution in [-0.4, -0.2) is 18.5 Å². The van der Waals surface area contributed by atoms with Gasteiger partial charge in [0.25, 0.3) is 0 Å². The van der Waals surface area contributed by atoms with E-state index in [0.717, 1.165) is 24.5 Å². The maximum absolute atomic E-state index is 5.91. The van der Waals surface area contributed by atoms with E-state index in [-0.39, 0.29) is 0 Å². The molecule has 0 aromatic heterocycles. The molecule has 20 heavy (non-hydrogen) atoms. The number of benzene rings is 2. The van der Waals surface area contributed by atoms with Gasteiger partial charge in [0.15, 0.2) is 0 Å². The fraction of sp³-hybridized carbons (Fsp3) is 0.333. The summed E-state index contributed by atoms with van der Waals surface area (Å²) >= 11 is 5.91. The van der Waals surface area contributed by atoms with Crippen LogP contribution in [0.5, 0.6) is 0 Å². The lowest BCUT2D eigenvalue weighted by molar-refractivity contribution is 0.331. The first-order valence-electron chi connectivity index (χ1n) is 7.04. The van der Waals surface area contributed by atoms with Gasteiger partial charge in [0.05, 0.1) is 0 Å². The van der Waals surface area contributed by atoms with E-state index < -0.39 is 0 Å². The Morgan fingerprint density at radius 2 is 1.70 bits per heavy atom. The van der Waals surface area contributed by atoms with E-state index in [1.54, 1.807) is 0 Å². The van der Waals surface area contributed by atoms with E-state index >= 15 is 0 Å². The molecule has 2 aromatic rings. The Balaban J connectivity index is 1.88. The van der Waals surface area contributed by atoms with Gasteiger partial charge < -0.3 is 4.90 Å². The lowest BCUT2D eigenvalue weighted by Crippen LogP contribution is -2.21. The van der Waals surface area contributed by atoms with Crippen LogP contribution in [0.4, 0.5) is 0 Å². The Labute approximate surface area is 127 Å². The summed E-state index contributed by atoms with van der Waals surface area (Å²) in [6.45, 7) is 6.36. The van der Waals surface area contributed by atoms with E-state index in [0.29, 0.717) is 0 Å². The summed E-state index contributed by atoms with van der Waals surface area (Å²) in [5.74, 6) is 0. The Kier molecular flexibility index (Phi) is 5.22. The zero-order chi connectivity index (χ0) is 14.5. The number of aryl methyl sites for hydroxylation is 2. The molecule has 0 amide bonds. The summed E-state index contributed by atoms with van der Waals surface area (Å²) in [7, 11) is 2.16. The van der Waals surface area contributed by atoms with Crippen LogP contribution in [0.1, 0.15) is 22.3 Å². The molecule has 0 heterocycles. The Morgan fingerprint density at radius 1 is 1.00 bits per heavy atom. The predicted octanol–water partition coefficient (Wildman–Crippen LogP) is 4.63. The lowest BCUT2D eigenvalue weighted by Gasteiger charge is -2.17. The van der Waals surface area contributed by atoms with Crippen molar-refractivity contribution in [3.8, 4) is 0 Å². The minimum absolute atomic E-state index is 0.798. The summed E-state index contributed by atoms with van der Waals surface area (Å²) < 4.78 is 0. The Hall–Kier alpha value is -1.31. The van der Waals surface area contributed by atoms with Gasteiger partial charge >= 0.3 is 0 Å². The third-order valence-corrected chi connectivity index (χ3v) is 3.88. The van der Waals surface area contributed by atoms with Gasteiger partial charge in [-0.2, -0.15) is 0 Å². The zero-order valence-electron chi connectivity index (χ0n) is 12.5. The van der Waals surface area contributed by atoms with Crippen molar-refractivity contribution in [3.05, 3.63) is 69.7 Å². The first-order valence-corrected chi connectivity index (χ1v) is 7.41. The second-order valence-corrected chi connectivity index (χ2v) is 5.98. The van der Waals surface area contributed by atoms with Crippen molar-refractivity contribution in [1.29, 1.82) is 0 Å². The van der Waals surface area contributed by atoms with Crippen molar-refractivity contribution in [2.75, 3.05) is 13.6 Å². The van der Waals surface area contributed by atoms with Gasteiger partial charge in [-0.15, -0.1) is 0 Å². The topological polar surface area (TPSA) is 3.24 Å². The van der Waals surface area contributed by atoms with Crippen LogP contribution in [0.2, 0.25) is 5.02 Å². The van der Waals surface area contributed by atoms with Crippen molar-refractivity contribution >= 4 is 11.6 Å². The molecule has 0 atom stereocenters. The van der Waals surface area contributed by atoms with E-state index in [1.807, 2.05) is 12.1 Å². The van der Waals surface area contributed by atoms with Crippen LogP contribution < -0.4 is 0 Å². The highest BCUT2D eigenvalue weighted by Crippen LogP contribution is 2.13. The minimum Gasteiger partial charge on any atom is -0.302 e. The van der Waals surface area contributed by atoms with Crippen LogP contribution in [-0.2, 0) is 13.0 Å². The predicted molar refractivity (Wildman–Crippen MR) is 87.4 cm³/mol. The summed E-state index contributed by atoms with van der Waals surface area (Å²) in [5.41, 5.74) is 5.47. The zero-order valence-corrected chi connectivity index (χ0v) is 13.2. The van der Waals surface area contributed by atoms with Crippen LogP contribution in [0.15, 0.2) is 42.5 Å². The average Bonchev–Trinajstić information content (AvgIpc) is 2.40. The standard InChI is InChI=1S/C18H22ClN/c1-14-4-7-17(15(2)12-14)10-11-20(3)13-16-5-8-18(19)9-6-16/h4-9,12H,10-11,13H2,1-3H3. The molecule has 0 unspecified atom stereocenters. The van der Waals surface area contributed by atoms with Gasteiger partial charge in [0.2, 0.25) is 0 Å². The van der Waals surface area contributed by atoms with Gasteiger partial charge in [0, 0.05) is 18.1 Å². The Morgan fingerprint density at radius 3 is 2.35 bits per heavy atom. The van der Waals surface area contributed by atoms with Crippen LogP contribution >= 0.6 is 11.6 Å². The van der Waals surface area contributed by atoms with Crippen molar-refractivity contribution in [1.82, 2.24) is 4.90 Å². The van der Waals surface area contributed by atoms with Crippen LogP contribution in [0.3, 0.4) is 0 Å². The normalized spacial score (nSPS) is 11.1. The monoisotopic (exact) mass is 287 g/mol. The summed E-state index contributed by atoms with van der Waals surface area (Å²) in [6.07, 6.45) is 1.09. The first kappa shape index (κ1) is 15.1. The molecule has 0 aliphatic carbocycles. The van der Waals surface area contributed by atoms with Crippen molar-refractivity contribution in [2.45, 2.75) is 26.8 Å². The summed E-state index contributed by atoms with van der Waals surface area (Å²) in [5, 5.41) is 0.798. The lowest BCUT2D eigenvalue weighted by atomic mass is 10.0. The van der Waals surface area contributed by atoms with Crippen molar-refractivity contribution < 1.29 is 0 Å². The Bertz CT molecular complexity index is 560. The number of hydrogen-bond donors (Lipinski definition) is 0. The molecule has 106 valence electrons. The SMILES string of the molecule is Cc1ccc(CCN(C)Cc2ccc(Cl)cc2)c(C)c1. The number of halogens is 1. The van der Waals surface area contributed by atoms with Gasteiger partial charge in [-0.25, -0.2) is 0 Å². The highest BCUT2D eigenvalue weighted by atomic mass is 35.5. The highest BCUT2D eigenvalue weighted by molar-refractivity contribution is 6.30. The highest BCUT2D eigenvalue weighted by Gasteiger charge is 2.03. The molecule has 0 radical (unpaired) electrons. The largest absolute Gasteiger partial charge is 0.302 e. The molecule has 2 aromatic carbocycles. The third-order valence-electron chi connectivity index (χ3n) is 3.63. The first-order chi connectivity index (χ1) is 9.54. The molecule has 2 heteroatoms. The number of rotatable bonds is 5. The van der Waals surface area contributed by atoms with E-state index in [2.05, 4.69) is 56.1 Å². The van der Waals surface area contributed by atoms with E-state index in [1.165, 1.54) is 22.3 Å². The smallest absolute Gasteiger partial charge is 0.0406 e. The van der Waals surface area contributed by atoms with Gasteiger partial charge in [-0.05, 0) is 56.1 Å². The molecule has 0 aliphatic heterocycles. The van der Waals surface area contributed by atoms with Crippen LogP contribution in [0.25, 0.3) is 0 Å². The van der Waals surface area contributed by atoms with Crippen LogP contribution in [0, 0.1) is 13.8 Å². The molecule has 0 N–H and O–H groups in total. The second kappa shape index (κ2) is 6.92. The number of likely N-dealkylation sites (N-methyl/N-ethyl adjacent to an activating group) is 1. The second-order valence-electron chi connectivity index (χ2n) is 5.54. The minimum atomic E-state index is 0.798. The van der Waals surface area contributed by atoms with E-state index in [4.69, 9.17) is 11.6 Å². The van der Waals surface area contributed by atoms with E-state index in [9.17, 15) is 0 Å². The molecule has 0 aliphatic rings. The third kappa shape index (κ3) is 4.36. The molecule has 1 nitrogen and oxygen atoms in total. The summed E-state index contributed by atoms with van der Waals surface area (Å²) in [6, 6.07) is 14.8. The van der Waals surface area contributed by atoms with Gasteiger partial charge in [0.1, 0.15) is 0 Å².